The highest BCUT2D eigenvalue weighted by Crippen LogP contribution is 2.48. The minimum Gasteiger partial charge on any atom is -0.456 e. The van der Waals surface area contributed by atoms with E-state index in [0.29, 0.717) is 0 Å². The molecule has 0 atom stereocenters. The van der Waals surface area contributed by atoms with Gasteiger partial charge in [0.25, 0.3) is 6.71 Å². The van der Waals surface area contributed by atoms with Crippen molar-refractivity contribution in [3.8, 4) is 22.3 Å². The van der Waals surface area contributed by atoms with Crippen LogP contribution in [0.3, 0.4) is 0 Å². The number of fused-ring (bicyclic) bond motifs is 7. The first-order chi connectivity index (χ1) is 31.0. The average Bonchev–Trinajstić information content (AvgIpc) is 3.66. The molecule has 320 valence electrons. The molecule has 1 aromatic heterocycles. The summed E-state index contributed by atoms with van der Waals surface area (Å²) in [7, 11) is 0. The van der Waals surface area contributed by atoms with Crippen molar-refractivity contribution in [3.05, 3.63) is 186 Å². The van der Waals surface area contributed by atoms with E-state index >= 15 is 0 Å². The zero-order valence-electron chi connectivity index (χ0n) is 39.5. The first kappa shape index (κ1) is 41.0. The molecule has 0 aliphatic carbocycles. The number of hydrogen-bond donors (Lipinski definition) is 0. The molecule has 0 amide bonds. The number of benzene rings is 8. The maximum atomic E-state index is 6.19. The van der Waals surface area contributed by atoms with E-state index in [-0.39, 0.29) is 23.0 Å². The molecular weight excluding hydrogens is 787 g/mol. The van der Waals surface area contributed by atoms with Gasteiger partial charge in [0.15, 0.2) is 0 Å². The SMILES string of the molecule is Cc1cc2c3c(c1)N(c1ccc(C(C)(C)C)c(-c4ccccc4)c1)c1cc(C(C)(C)C)ccc1B3c1cc(C(C)(C)C)ccc1N2c1ccc(-c2ccc3oc4ccccc4c3c2)cc1. The summed E-state index contributed by atoms with van der Waals surface area (Å²) in [6.07, 6.45) is 0. The van der Waals surface area contributed by atoms with Gasteiger partial charge in [0.05, 0.1) is 0 Å². The summed E-state index contributed by atoms with van der Waals surface area (Å²) in [6, 6.07) is 61.6. The Morgan fingerprint density at radius 3 is 1.74 bits per heavy atom. The molecule has 4 heteroatoms. The number of anilines is 6. The highest BCUT2D eigenvalue weighted by Gasteiger charge is 2.44. The van der Waals surface area contributed by atoms with Crippen LogP contribution in [-0.4, -0.2) is 6.71 Å². The summed E-state index contributed by atoms with van der Waals surface area (Å²) < 4.78 is 6.19. The summed E-state index contributed by atoms with van der Waals surface area (Å²) in [5, 5.41) is 2.29. The molecule has 0 bridgehead atoms. The van der Waals surface area contributed by atoms with Crippen LogP contribution < -0.4 is 26.2 Å². The molecule has 3 heterocycles. The van der Waals surface area contributed by atoms with Crippen molar-refractivity contribution in [1.29, 1.82) is 0 Å². The molecule has 0 unspecified atom stereocenters. The molecule has 3 nitrogen and oxygen atoms in total. The fourth-order valence-electron chi connectivity index (χ4n) is 10.5. The molecule has 2 aliphatic rings. The zero-order chi connectivity index (χ0) is 45.2. The Morgan fingerprint density at radius 1 is 0.415 bits per heavy atom. The maximum absolute atomic E-state index is 6.19. The lowest BCUT2D eigenvalue weighted by atomic mass is 9.33. The summed E-state index contributed by atoms with van der Waals surface area (Å²) in [4.78, 5) is 5.12. The second kappa shape index (κ2) is 14.6. The molecular formula is C61H57BN2O. The number of aryl methyl sites for hydroxylation is 1. The molecule has 0 fully saturated rings. The summed E-state index contributed by atoms with van der Waals surface area (Å²) in [5.41, 5.74) is 23.1. The Hall–Kier alpha value is -6.78. The zero-order valence-corrected chi connectivity index (χ0v) is 39.5. The van der Waals surface area contributed by atoms with Crippen molar-refractivity contribution in [1.82, 2.24) is 0 Å². The third kappa shape index (κ3) is 6.80. The number of para-hydroxylation sites is 1. The van der Waals surface area contributed by atoms with Crippen LogP contribution in [-0.2, 0) is 16.2 Å². The molecule has 11 rings (SSSR count). The van der Waals surface area contributed by atoms with Crippen molar-refractivity contribution in [2.75, 3.05) is 9.80 Å². The van der Waals surface area contributed by atoms with Crippen molar-refractivity contribution in [3.63, 3.8) is 0 Å². The van der Waals surface area contributed by atoms with Crippen LogP contribution in [0.15, 0.2) is 168 Å². The van der Waals surface area contributed by atoms with Crippen LogP contribution in [0.1, 0.15) is 84.6 Å². The fourth-order valence-corrected chi connectivity index (χ4v) is 10.5. The number of rotatable bonds is 4. The van der Waals surface area contributed by atoms with E-state index in [0.717, 1.165) is 27.6 Å². The Bertz CT molecular complexity index is 3340. The lowest BCUT2D eigenvalue weighted by molar-refractivity contribution is 0.590. The standard InChI is InChI=1S/C61H57BN2O/c1-38-32-54-58-55(33-38)64(45-27-28-49(61(8,9)10)47(37-45)40-16-12-11-13-17-40)53-36-43(60(5,6)7)23-29-50(53)62(58)51-35-42(59(2,3)4)24-30-52(51)63(54)44-25-20-39(21-26-44)41-22-31-57-48(34-41)46-18-14-15-19-56(46)65-57/h11-37H,1-10H3. The van der Waals surface area contributed by atoms with Crippen molar-refractivity contribution in [2.45, 2.75) is 85.5 Å². The molecule has 0 radical (unpaired) electrons. The van der Waals surface area contributed by atoms with E-state index in [9.17, 15) is 0 Å². The molecule has 65 heavy (non-hydrogen) atoms. The first-order valence-corrected chi connectivity index (χ1v) is 23.3. The second-order valence-electron chi connectivity index (χ2n) is 21.6. The van der Waals surface area contributed by atoms with Crippen LogP contribution in [0.4, 0.5) is 34.1 Å². The van der Waals surface area contributed by atoms with Gasteiger partial charge in [0.2, 0.25) is 0 Å². The number of nitrogens with zero attached hydrogens (tertiary/aromatic N) is 2. The van der Waals surface area contributed by atoms with Gasteiger partial charge in [-0.05, 0) is 151 Å². The Labute approximate surface area is 385 Å². The molecule has 8 aromatic carbocycles. The monoisotopic (exact) mass is 844 g/mol. The Balaban J connectivity index is 1.14. The predicted octanol–water partition coefficient (Wildman–Crippen LogP) is 15.2. The van der Waals surface area contributed by atoms with Crippen LogP contribution in [0.25, 0.3) is 44.2 Å². The van der Waals surface area contributed by atoms with Crippen LogP contribution in [0.2, 0.25) is 0 Å². The van der Waals surface area contributed by atoms with Gasteiger partial charge in [-0.15, -0.1) is 0 Å². The van der Waals surface area contributed by atoms with Gasteiger partial charge in [-0.25, -0.2) is 0 Å². The van der Waals surface area contributed by atoms with Crippen molar-refractivity contribution in [2.24, 2.45) is 0 Å². The smallest absolute Gasteiger partial charge is 0.252 e. The molecule has 0 spiro atoms. The Morgan fingerprint density at radius 2 is 1.03 bits per heavy atom. The van der Waals surface area contributed by atoms with E-state index in [1.165, 1.54) is 89.3 Å². The topological polar surface area (TPSA) is 19.6 Å². The quantitative estimate of drug-likeness (QED) is 0.165. The number of hydrogen-bond acceptors (Lipinski definition) is 3. The molecule has 0 N–H and O–H groups in total. The predicted molar refractivity (Wildman–Crippen MR) is 279 cm³/mol. The van der Waals surface area contributed by atoms with E-state index in [1.807, 2.05) is 12.1 Å². The normalized spacial score (nSPS) is 13.6. The Kier molecular flexibility index (Phi) is 9.22. The summed E-state index contributed by atoms with van der Waals surface area (Å²) >= 11 is 0. The lowest BCUT2D eigenvalue weighted by Gasteiger charge is -2.45. The molecule has 2 aliphatic heterocycles. The highest BCUT2D eigenvalue weighted by molar-refractivity contribution is 7.00. The number of furan rings is 1. The maximum Gasteiger partial charge on any atom is 0.252 e. The third-order valence-electron chi connectivity index (χ3n) is 13.9. The lowest BCUT2D eigenvalue weighted by Crippen LogP contribution is -2.61. The van der Waals surface area contributed by atoms with Crippen molar-refractivity contribution < 1.29 is 4.42 Å². The molecule has 0 saturated heterocycles. The summed E-state index contributed by atoms with van der Waals surface area (Å²) in [6.45, 7) is 23.3. The van der Waals surface area contributed by atoms with E-state index in [4.69, 9.17) is 4.42 Å². The van der Waals surface area contributed by atoms with Gasteiger partial charge >= 0.3 is 0 Å². The minimum absolute atomic E-state index is 0.0262. The van der Waals surface area contributed by atoms with E-state index < -0.39 is 0 Å². The molecule has 9 aromatic rings. The first-order valence-electron chi connectivity index (χ1n) is 23.3. The van der Waals surface area contributed by atoms with Crippen LogP contribution in [0.5, 0.6) is 0 Å². The van der Waals surface area contributed by atoms with Crippen LogP contribution in [0, 0.1) is 6.92 Å². The van der Waals surface area contributed by atoms with E-state index in [1.54, 1.807) is 0 Å². The minimum atomic E-state index is -0.0403. The van der Waals surface area contributed by atoms with Gasteiger partial charge in [-0.1, -0.05) is 159 Å². The van der Waals surface area contributed by atoms with Gasteiger partial charge in [0, 0.05) is 44.9 Å². The van der Waals surface area contributed by atoms with Gasteiger partial charge < -0.3 is 14.2 Å². The van der Waals surface area contributed by atoms with E-state index in [2.05, 4.69) is 231 Å². The average molecular weight is 845 g/mol. The van der Waals surface area contributed by atoms with Gasteiger partial charge in [-0.2, -0.15) is 0 Å². The third-order valence-corrected chi connectivity index (χ3v) is 13.9. The summed E-state index contributed by atoms with van der Waals surface area (Å²) in [5.74, 6) is 0. The second-order valence-corrected chi connectivity index (χ2v) is 21.6. The van der Waals surface area contributed by atoms with Gasteiger partial charge in [0.1, 0.15) is 11.2 Å². The molecule has 0 saturated carbocycles. The largest absolute Gasteiger partial charge is 0.456 e. The fraction of sp³-hybridized carbons (Fsp3) is 0.213. The van der Waals surface area contributed by atoms with Crippen molar-refractivity contribution >= 4 is 79.2 Å². The van der Waals surface area contributed by atoms with Gasteiger partial charge in [-0.3, -0.25) is 0 Å². The highest BCUT2D eigenvalue weighted by atomic mass is 16.3. The van der Waals surface area contributed by atoms with Crippen LogP contribution >= 0.6 is 0 Å².